The van der Waals surface area contributed by atoms with Crippen LogP contribution in [0.2, 0.25) is 0 Å². The summed E-state index contributed by atoms with van der Waals surface area (Å²) in [5.41, 5.74) is 5.11. The van der Waals surface area contributed by atoms with Gasteiger partial charge in [-0.2, -0.15) is 0 Å². The maximum atomic E-state index is 11.8. The van der Waals surface area contributed by atoms with Gasteiger partial charge >= 0.3 is 5.97 Å². The van der Waals surface area contributed by atoms with Crippen molar-refractivity contribution in [3.05, 3.63) is 0 Å². The maximum absolute atomic E-state index is 11.8. The Morgan fingerprint density at radius 2 is 1.88 bits per heavy atom. The Bertz CT molecular complexity index is 271. The molecule has 4 N–H and O–H groups in total. The number of aliphatic carboxylic acids is 1. The monoisotopic (exact) mass is 244 g/mol. The normalized spacial score (nSPS) is 15.1. The third-order valence-electron chi connectivity index (χ3n) is 2.79. The molecule has 0 aromatic heterocycles. The number of rotatable bonds is 6. The third-order valence-corrected chi connectivity index (χ3v) is 2.79. The van der Waals surface area contributed by atoms with E-state index in [4.69, 9.17) is 10.8 Å². The molecule has 2 unspecified atom stereocenters. The molecule has 5 nitrogen and oxygen atoms in total. The van der Waals surface area contributed by atoms with Crippen molar-refractivity contribution in [3.63, 3.8) is 0 Å². The Labute approximate surface area is 103 Å². The summed E-state index contributed by atoms with van der Waals surface area (Å²) < 4.78 is 0. The van der Waals surface area contributed by atoms with Crippen LogP contribution in [0.25, 0.3) is 0 Å². The van der Waals surface area contributed by atoms with E-state index in [1.54, 1.807) is 6.92 Å². The SMILES string of the molecule is CC(CCN)C(=O)NC(CC(=O)O)C(C)(C)C. The lowest BCUT2D eigenvalue weighted by Crippen LogP contribution is -2.47. The van der Waals surface area contributed by atoms with Gasteiger partial charge in [0.1, 0.15) is 0 Å². The Morgan fingerprint density at radius 3 is 2.24 bits per heavy atom. The number of carboxylic acids is 1. The van der Waals surface area contributed by atoms with Crippen molar-refractivity contribution < 1.29 is 14.7 Å². The zero-order chi connectivity index (χ0) is 13.6. The quantitative estimate of drug-likeness (QED) is 0.649. The highest BCUT2D eigenvalue weighted by Crippen LogP contribution is 2.22. The van der Waals surface area contributed by atoms with Gasteiger partial charge in [-0.05, 0) is 18.4 Å². The van der Waals surface area contributed by atoms with Crippen molar-refractivity contribution in [1.82, 2.24) is 5.32 Å². The van der Waals surface area contributed by atoms with Gasteiger partial charge in [0.15, 0.2) is 0 Å². The number of nitrogens with two attached hydrogens (primary N) is 1. The number of nitrogens with one attached hydrogen (secondary N) is 1. The Balaban J connectivity index is 4.54. The standard InChI is InChI=1S/C12H24N2O3/c1-8(5-6-13)11(17)14-9(7-10(15)16)12(2,3)4/h8-9H,5-7,13H2,1-4H3,(H,14,17)(H,15,16). The van der Waals surface area contributed by atoms with Crippen LogP contribution < -0.4 is 11.1 Å². The molecule has 0 aliphatic heterocycles. The molecule has 0 aliphatic rings. The lowest BCUT2D eigenvalue weighted by Gasteiger charge is -2.31. The number of amides is 1. The van der Waals surface area contributed by atoms with E-state index in [9.17, 15) is 9.59 Å². The molecule has 0 aliphatic carbocycles. The molecule has 2 atom stereocenters. The first-order valence-corrected chi connectivity index (χ1v) is 5.90. The zero-order valence-electron chi connectivity index (χ0n) is 11.1. The molecule has 5 heteroatoms. The average Bonchev–Trinajstić information content (AvgIpc) is 2.14. The van der Waals surface area contributed by atoms with Gasteiger partial charge in [-0.15, -0.1) is 0 Å². The minimum Gasteiger partial charge on any atom is -0.481 e. The van der Waals surface area contributed by atoms with Crippen LogP contribution in [0.15, 0.2) is 0 Å². The molecule has 0 saturated carbocycles. The van der Waals surface area contributed by atoms with Crippen LogP contribution in [0.1, 0.15) is 40.5 Å². The lowest BCUT2D eigenvalue weighted by atomic mass is 9.84. The van der Waals surface area contributed by atoms with Gasteiger partial charge in [0, 0.05) is 12.0 Å². The number of hydrogen-bond acceptors (Lipinski definition) is 3. The second-order valence-electron chi connectivity index (χ2n) is 5.50. The summed E-state index contributed by atoms with van der Waals surface area (Å²) in [4.78, 5) is 22.6. The van der Waals surface area contributed by atoms with Crippen molar-refractivity contribution in [2.24, 2.45) is 17.1 Å². The first-order chi connectivity index (χ1) is 7.68. The molecule has 17 heavy (non-hydrogen) atoms. The molecular weight excluding hydrogens is 220 g/mol. The molecule has 0 radical (unpaired) electrons. The molecule has 0 aromatic carbocycles. The van der Waals surface area contributed by atoms with E-state index >= 15 is 0 Å². The molecule has 100 valence electrons. The molecule has 0 rings (SSSR count). The molecule has 0 aromatic rings. The van der Waals surface area contributed by atoms with E-state index in [1.165, 1.54) is 0 Å². The molecule has 0 bridgehead atoms. The summed E-state index contributed by atoms with van der Waals surface area (Å²) in [6, 6.07) is -0.368. The fourth-order valence-electron chi connectivity index (χ4n) is 1.44. The third kappa shape index (κ3) is 6.26. The van der Waals surface area contributed by atoms with E-state index < -0.39 is 5.97 Å². The predicted octanol–water partition coefficient (Wildman–Crippen LogP) is 0.977. The summed E-state index contributed by atoms with van der Waals surface area (Å²) in [6.07, 6.45) is 0.542. The van der Waals surface area contributed by atoms with Crippen molar-refractivity contribution in [1.29, 1.82) is 0 Å². The largest absolute Gasteiger partial charge is 0.481 e. The predicted molar refractivity (Wildman–Crippen MR) is 66.5 cm³/mol. The molecule has 1 amide bonds. The van der Waals surface area contributed by atoms with E-state index in [0.717, 1.165) is 0 Å². The fraction of sp³-hybridized carbons (Fsp3) is 0.833. The van der Waals surface area contributed by atoms with Crippen molar-refractivity contribution in [3.8, 4) is 0 Å². The minimum absolute atomic E-state index is 0.0649. The number of carbonyl (C=O) groups is 2. The van der Waals surface area contributed by atoms with Crippen LogP contribution in [-0.4, -0.2) is 29.6 Å². The van der Waals surface area contributed by atoms with Crippen LogP contribution >= 0.6 is 0 Å². The highest BCUT2D eigenvalue weighted by molar-refractivity contribution is 5.79. The van der Waals surface area contributed by atoms with Gasteiger partial charge in [0.25, 0.3) is 0 Å². The first kappa shape index (κ1) is 15.9. The fourth-order valence-corrected chi connectivity index (χ4v) is 1.44. The molecule has 0 fully saturated rings. The molecule has 0 saturated heterocycles. The molecule has 0 heterocycles. The number of carboxylic acid groups (broad SMARTS) is 1. The topological polar surface area (TPSA) is 92.4 Å². The van der Waals surface area contributed by atoms with Gasteiger partial charge in [0.2, 0.25) is 5.91 Å². The minimum atomic E-state index is -0.906. The van der Waals surface area contributed by atoms with Gasteiger partial charge in [-0.1, -0.05) is 27.7 Å². The van der Waals surface area contributed by atoms with Crippen LogP contribution in [0.4, 0.5) is 0 Å². The Hall–Kier alpha value is -1.10. The Kier molecular flexibility index (Phi) is 6.16. The number of carbonyl (C=O) groups excluding carboxylic acids is 1. The number of hydrogen-bond donors (Lipinski definition) is 3. The van der Waals surface area contributed by atoms with Gasteiger partial charge in [0.05, 0.1) is 6.42 Å². The van der Waals surface area contributed by atoms with Crippen LogP contribution in [0.3, 0.4) is 0 Å². The maximum Gasteiger partial charge on any atom is 0.305 e. The first-order valence-electron chi connectivity index (χ1n) is 5.90. The van der Waals surface area contributed by atoms with Gasteiger partial charge in [-0.3, -0.25) is 9.59 Å². The summed E-state index contributed by atoms with van der Waals surface area (Å²) in [5.74, 6) is -1.22. The van der Waals surface area contributed by atoms with Crippen molar-refractivity contribution >= 4 is 11.9 Å². The van der Waals surface area contributed by atoms with E-state index in [-0.39, 0.29) is 29.7 Å². The van der Waals surface area contributed by atoms with Crippen LogP contribution in [-0.2, 0) is 9.59 Å². The highest BCUT2D eigenvalue weighted by atomic mass is 16.4. The van der Waals surface area contributed by atoms with Gasteiger partial charge < -0.3 is 16.2 Å². The van der Waals surface area contributed by atoms with Crippen molar-refractivity contribution in [2.45, 2.75) is 46.6 Å². The Morgan fingerprint density at radius 1 is 1.35 bits per heavy atom. The second kappa shape index (κ2) is 6.59. The van der Waals surface area contributed by atoms with E-state index in [2.05, 4.69) is 5.32 Å². The highest BCUT2D eigenvalue weighted by Gasteiger charge is 2.29. The summed E-state index contributed by atoms with van der Waals surface area (Å²) in [6.45, 7) is 7.98. The molecule has 0 spiro atoms. The van der Waals surface area contributed by atoms with Crippen LogP contribution in [0.5, 0.6) is 0 Å². The van der Waals surface area contributed by atoms with Crippen LogP contribution in [0, 0.1) is 11.3 Å². The average molecular weight is 244 g/mol. The molecular formula is C12H24N2O3. The van der Waals surface area contributed by atoms with Crippen molar-refractivity contribution in [2.75, 3.05) is 6.54 Å². The van der Waals surface area contributed by atoms with E-state index in [0.29, 0.717) is 13.0 Å². The summed E-state index contributed by atoms with van der Waals surface area (Å²) >= 11 is 0. The van der Waals surface area contributed by atoms with Gasteiger partial charge in [-0.25, -0.2) is 0 Å². The summed E-state index contributed by atoms with van der Waals surface area (Å²) in [7, 11) is 0. The second-order valence-corrected chi connectivity index (χ2v) is 5.50. The van der Waals surface area contributed by atoms with E-state index in [1.807, 2.05) is 20.8 Å². The zero-order valence-corrected chi connectivity index (χ0v) is 11.1. The lowest BCUT2D eigenvalue weighted by molar-refractivity contribution is -0.138. The summed E-state index contributed by atoms with van der Waals surface area (Å²) in [5, 5.41) is 11.6. The smallest absolute Gasteiger partial charge is 0.305 e.